The van der Waals surface area contributed by atoms with E-state index in [1.54, 1.807) is 57.6 Å². The van der Waals surface area contributed by atoms with E-state index < -0.39 is 5.97 Å². The molecule has 2 saturated heterocycles. The Bertz CT molecular complexity index is 5800. The van der Waals surface area contributed by atoms with Crippen LogP contribution in [0.4, 0.5) is 0 Å². The van der Waals surface area contributed by atoms with Crippen molar-refractivity contribution in [2.45, 2.75) is 112 Å². The molecule has 5 N–H and O–H groups in total. The number of nitrogens with zero attached hydrogens (tertiary/aromatic N) is 18. The number of carbonyl (C=O) groups excluding carboxylic acids is 2. The lowest BCUT2D eigenvalue weighted by Gasteiger charge is -2.21. The number of aliphatic hydroxyl groups excluding tert-OH is 1. The molecule has 114 heavy (non-hydrogen) atoms. The van der Waals surface area contributed by atoms with Gasteiger partial charge in [0.25, 0.3) is 11.8 Å². The highest BCUT2D eigenvalue weighted by atomic mass is 35.5. The molecule has 12 aromatic heterocycles. The van der Waals surface area contributed by atoms with Gasteiger partial charge in [-0.05, 0) is 119 Å². The lowest BCUT2D eigenvalue weighted by Crippen LogP contribution is -2.22. The van der Waals surface area contributed by atoms with E-state index in [-0.39, 0.29) is 86.3 Å². The van der Waals surface area contributed by atoms with Crippen LogP contribution in [0.3, 0.4) is 0 Å². The van der Waals surface area contributed by atoms with Crippen LogP contribution in [-0.2, 0) is 58.6 Å². The second kappa shape index (κ2) is 38.0. The number of carboxylic acids is 1. The number of nitrogens with one attached hydrogen (secondary N) is 3. The number of carbonyl (C=O) groups is 3. The highest BCUT2D eigenvalue weighted by Gasteiger charge is 2.25. The van der Waals surface area contributed by atoms with Crippen molar-refractivity contribution in [2.24, 2.45) is 0 Å². The Morgan fingerprint density at radius 3 is 1.15 bits per heavy atom. The molecule has 0 aliphatic carbocycles. The SMILES string of the molecule is CCNC(=O)c1ccc(COc2nn3c(-c4cc(CO)on4)nnc3c3ccccc23)nc1.CCNC(=O)c1ccc(COc2nn3c(-c4cc(COC5CCCCO5)on4)nnc3c3ccccc23)nc1.CCNCl.Cl.O=C(O)c1ccc(COc2nn3c(-c4cc(COC5CCCCO5)on4)nnc3c3ccccc23)nc1.[2HH].[2H][2H].[2H][2H].[2H][2H].[HH].[HH]. The standard InChI is InChI=1S/C27H27N7O5.C25H22N6O6.C22H19N7O4.C2H6ClN.ClH.6H2/c1-2-28-26(35)17-10-11-18(29-14-17)15-38-27-21-8-4-3-7-20(21)24-30-31-25(34(24)32-27)22-13-19(39-33-22)16-37-23-9-5-6-12-36-23;32-25(33)15-8-9-16(26-12-15)13-36-24-19-6-2-1-5-18(19)22-27-28-23(31(22)29-24)20-11-17(37-30-20)14-35-21-7-3-4-10-34-21;1-2-23-21(31)13-7-8-14(24-10-13)12-32-22-17-6-4-3-5-16(17)19-25-26-20(29(19)27-22)18-9-15(11-30)33-28-18;1-2-4-3;;;;;;;/h3-4,7-8,10-11,13-14,23H,2,5-6,9,12,15-16H2,1H3,(H,28,35);1-2,5-6,8-9,11-12,21H,3-4,7,10,13-14H2,(H,32,33);3-10,30H,2,11-12H2,1H3,(H,23,31);4H,2H2,1H3;7*1H/i;;;;;3*1+1D;1+1;;. The number of amides is 2. The first-order chi connectivity index (χ1) is 58.4. The maximum atomic E-state index is 12.0. The minimum absolute atomic E-state index is 0. The summed E-state index contributed by atoms with van der Waals surface area (Å²) in [6.45, 7) is 9.59. The van der Waals surface area contributed by atoms with Crippen molar-refractivity contribution in [1.29, 1.82) is 0 Å². The quantitative estimate of drug-likeness (QED) is 0.0332. The summed E-state index contributed by atoms with van der Waals surface area (Å²) in [5, 5.41) is 80.5. The number of fused-ring (bicyclic) bond motifs is 9. The number of benzene rings is 3. The molecule has 2 amide bonds. The fraction of sp³-hybridized carbons (Fsp3) is 0.289. The number of rotatable bonds is 25. The summed E-state index contributed by atoms with van der Waals surface area (Å²) in [7, 11) is 0. The molecule has 2 aliphatic heterocycles. The van der Waals surface area contributed by atoms with Crippen LogP contribution < -0.4 is 29.7 Å². The number of halogens is 2. The summed E-state index contributed by atoms with van der Waals surface area (Å²) in [6, 6.07) is 37.9. The van der Waals surface area contributed by atoms with Gasteiger partial charge in [0.15, 0.2) is 63.9 Å². The van der Waals surface area contributed by atoms with Crippen LogP contribution in [0.15, 0.2) is 160 Å². The van der Waals surface area contributed by atoms with Crippen molar-refractivity contribution in [3.63, 3.8) is 0 Å². The Kier molecular flexibility index (Phi) is 25.1. The molecule has 15 aromatic rings. The predicted octanol–water partition coefficient (Wildman–Crippen LogP) is 12.1. The van der Waals surface area contributed by atoms with Gasteiger partial charge in [-0.25, -0.2) is 9.63 Å². The lowest BCUT2D eigenvalue weighted by atomic mass is 10.2. The molecule has 2 fully saturated rings. The number of aliphatic hydroxyl groups is 1. The van der Waals surface area contributed by atoms with Crippen LogP contribution in [0, 0.1) is 0 Å². The van der Waals surface area contributed by atoms with E-state index in [9.17, 15) is 19.5 Å². The van der Waals surface area contributed by atoms with Gasteiger partial charge in [-0.3, -0.25) is 24.5 Å². The number of hydrogen-bond donors (Lipinski definition) is 5. The third-order valence-corrected chi connectivity index (χ3v) is 17.7. The van der Waals surface area contributed by atoms with Crippen LogP contribution in [0.25, 0.3) is 83.8 Å². The Morgan fingerprint density at radius 1 is 0.491 bits per heavy atom. The zero-order valence-corrected chi connectivity index (χ0v) is 63.1. The van der Waals surface area contributed by atoms with Crippen LogP contribution in [0.1, 0.15) is 138 Å². The molecule has 36 nitrogen and oxygen atoms in total. The van der Waals surface area contributed by atoms with Crippen LogP contribution in [0.5, 0.6) is 17.6 Å². The van der Waals surface area contributed by atoms with Gasteiger partial charge < -0.3 is 67.6 Å². The first-order valence-electron chi connectivity index (χ1n) is 39.2. The molecule has 2 atom stereocenters. The van der Waals surface area contributed by atoms with E-state index in [1.807, 2.05) is 93.6 Å². The van der Waals surface area contributed by atoms with Crippen molar-refractivity contribution in [3.8, 4) is 52.2 Å². The van der Waals surface area contributed by atoms with Crippen molar-refractivity contribution in [2.75, 3.05) is 32.8 Å². The predicted molar refractivity (Wildman–Crippen MR) is 422 cm³/mol. The fourth-order valence-corrected chi connectivity index (χ4v) is 11.8. The maximum absolute atomic E-state index is 12.0. The number of pyridine rings is 3. The third-order valence-electron chi connectivity index (χ3n) is 17.4. The summed E-state index contributed by atoms with van der Waals surface area (Å²) < 4.78 is 91.6. The molecular formula is C76H87Cl2N21O15. The fourth-order valence-electron chi connectivity index (χ4n) is 11.8. The van der Waals surface area contributed by atoms with Gasteiger partial charge in [-0.15, -0.1) is 58.3 Å². The molecule has 38 heteroatoms. The molecule has 0 saturated carbocycles. The van der Waals surface area contributed by atoms with Crippen molar-refractivity contribution in [1.82, 2.24) is 105 Å². The zero-order chi connectivity index (χ0) is 84.0. The minimum atomic E-state index is -1.04. The smallest absolute Gasteiger partial charge is 0.337 e. The van der Waals surface area contributed by atoms with Gasteiger partial charge in [-0.2, -0.15) is 13.5 Å². The molecule has 17 rings (SSSR count). The van der Waals surface area contributed by atoms with Gasteiger partial charge in [0, 0.05) is 115 Å². The van der Waals surface area contributed by atoms with Crippen LogP contribution in [-0.4, -0.2) is 163 Å². The Hall–Kier alpha value is -12.7. The summed E-state index contributed by atoms with van der Waals surface area (Å²) in [6.07, 6.45) is 9.85. The molecule has 3 aromatic carbocycles. The molecule has 14 heterocycles. The molecule has 2 unspecified atom stereocenters. The molecule has 0 radical (unpaired) electrons. The normalized spacial score (nSPS) is 14.2. The molecular weight excluding hydrogens is 1520 g/mol. The van der Waals surface area contributed by atoms with Crippen molar-refractivity contribution >= 4 is 91.2 Å². The minimum Gasteiger partial charge on any atom is -0.478 e. The van der Waals surface area contributed by atoms with E-state index in [0.717, 1.165) is 77.4 Å². The van der Waals surface area contributed by atoms with Crippen LogP contribution in [0.2, 0.25) is 0 Å². The van der Waals surface area contributed by atoms with Gasteiger partial charge >= 0.3 is 5.97 Å². The van der Waals surface area contributed by atoms with Crippen molar-refractivity contribution in [3.05, 3.63) is 197 Å². The second-order valence-electron chi connectivity index (χ2n) is 25.2. The van der Waals surface area contributed by atoms with Gasteiger partial charge in [0.1, 0.15) is 39.6 Å². The average Bonchev–Trinajstić information content (AvgIpc) is 1.51. The number of aromatic carboxylic acids is 1. The molecule has 2 aliphatic rings. The van der Waals surface area contributed by atoms with Crippen molar-refractivity contribution < 1.29 is 84.5 Å². The topological polar surface area (TPSA) is 438 Å². The van der Waals surface area contributed by atoms with E-state index >= 15 is 0 Å². The van der Waals surface area contributed by atoms with E-state index in [2.05, 4.69) is 86.7 Å². The lowest BCUT2D eigenvalue weighted by molar-refractivity contribution is -0.171. The van der Waals surface area contributed by atoms with Gasteiger partial charge in [0.05, 0.1) is 33.8 Å². The van der Waals surface area contributed by atoms with Gasteiger partial charge in [-0.1, -0.05) is 77.0 Å². The summed E-state index contributed by atoms with van der Waals surface area (Å²) in [5.74, 6) is 2.26. The third kappa shape index (κ3) is 18.7. The number of hydrogen-bond acceptors (Lipinski definition) is 30. The van der Waals surface area contributed by atoms with E-state index in [0.29, 0.717) is 141 Å². The molecule has 0 bridgehead atoms. The zero-order valence-electron chi connectivity index (χ0n) is 67.6. The Labute approximate surface area is 672 Å². The first-order valence-corrected chi connectivity index (χ1v) is 36.6. The number of ether oxygens (including phenoxy) is 7. The van der Waals surface area contributed by atoms with E-state index in [1.165, 1.54) is 29.2 Å². The summed E-state index contributed by atoms with van der Waals surface area (Å²) >= 11 is 4.94. The highest BCUT2D eigenvalue weighted by Crippen LogP contribution is 2.34. The Morgan fingerprint density at radius 2 is 0.842 bits per heavy atom. The maximum Gasteiger partial charge on any atom is 0.337 e. The largest absolute Gasteiger partial charge is 0.478 e. The summed E-state index contributed by atoms with van der Waals surface area (Å²) in [5.41, 5.74) is 5.88. The Balaban J connectivity index is 0.000000238. The van der Waals surface area contributed by atoms with Crippen LogP contribution >= 0.6 is 24.2 Å². The molecule has 0 spiro atoms. The second-order valence-corrected chi connectivity index (χ2v) is 25.5. The average molecular weight is 1610 g/mol. The summed E-state index contributed by atoms with van der Waals surface area (Å²) in [4.78, 5) is 50.2. The first kappa shape index (κ1) is 75.4. The van der Waals surface area contributed by atoms with Gasteiger partial charge in [0.2, 0.25) is 35.1 Å². The molecule has 600 valence electrons. The van der Waals surface area contributed by atoms with E-state index in [4.69, 9.17) is 77.6 Å². The highest BCUT2D eigenvalue weighted by molar-refractivity contribution is 6.13. The number of aromatic nitrogens is 18. The number of carboxylic acid groups (broad SMARTS) is 1. The monoisotopic (exact) mass is 1610 g/mol.